The summed E-state index contributed by atoms with van der Waals surface area (Å²) in [5.74, 6) is -0.502. The number of carbonyl (C=O) groups is 3. The number of nitrogens with one attached hydrogen (secondary N) is 1. The SMILES string of the molecule is CCC(C)(C)NC(=O)CN1C(=O)C2CCCN2C(=O)c2ccccc21. The van der Waals surface area contributed by atoms with E-state index >= 15 is 0 Å². The molecule has 0 radical (unpaired) electrons. The molecule has 3 rings (SSSR count). The van der Waals surface area contributed by atoms with Crippen molar-refractivity contribution in [2.24, 2.45) is 0 Å². The number of carbonyl (C=O) groups excluding carboxylic acids is 3. The van der Waals surface area contributed by atoms with Crippen LogP contribution in [0.1, 0.15) is 50.4 Å². The summed E-state index contributed by atoms with van der Waals surface area (Å²) in [6.45, 7) is 6.42. The molecular weight excluding hydrogens is 318 g/mol. The van der Waals surface area contributed by atoms with Crippen LogP contribution in [0.3, 0.4) is 0 Å². The molecule has 2 heterocycles. The van der Waals surface area contributed by atoms with E-state index in [4.69, 9.17) is 0 Å². The third-order valence-electron chi connectivity index (χ3n) is 5.15. The van der Waals surface area contributed by atoms with Crippen molar-refractivity contribution < 1.29 is 14.4 Å². The quantitative estimate of drug-likeness (QED) is 0.908. The summed E-state index contributed by atoms with van der Waals surface area (Å²) in [5, 5.41) is 2.96. The van der Waals surface area contributed by atoms with Crippen molar-refractivity contribution in [2.75, 3.05) is 18.0 Å². The minimum Gasteiger partial charge on any atom is -0.350 e. The Bertz CT molecular complexity index is 714. The summed E-state index contributed by atoms with van der Waals surface area (Å²) >= 11 is 0. The van der Waals surface area contributed by atoms with Crippen LogP contribution in [-0.2, 0) is 9.59 Å². The fourth-order valence-electron chi connectivity index (χ4n) is 3.42. The number of rotatable bonds is 4. The Morgan fingerprint density at radius 3 is 2.72 bits per heavy atom. The number of fused-ring (bicyclic) bond motifs is 2. The Kier molecular flexibility index (Phi) is 4.54. The van der Waals surface area contributed by atoms with E-state index in [0.717, 1.165) is 12.8 Å². The second-order valence-electron chi connectivity index (χ2n) is 7.38. The van der Waals surface area contributed by atoms with Gasteiger partial charge in [-0.3, -0.25) is 14.4 Å². The van der Waals surface area contributed by atoms with Gasteiger partial charge in [-0.25, -0.2) is 0 Å². The van der Waals surface area contributed by atoms with E-state index in [2.05, 4.69) is 5.32 Å². The third-order valence-corrected chi connectivity index (χ3v) is 5.15. The van der Waals surface area contributed by atoms with Gasteiger partial charge in [-0.05, 0) is 45.2 Å². The topological polar surface area (TPSA) is 69.7 Å². The van der Waals surface area contributed by atoms with E-state index in [1.54, 1.807) is 29.2 Å². The first-order valence-corrected chi connectivity index (χ1v) is 8.86. The van der Waals surface area contributed by atoms with Gasteiger partial charge < -0.3 is 15.1 Å². The van der Waals surface area contributed by atoms with E-state index < -0.39 is 6.04 Å². The lowest BCUT2D eigenvalue weighted by Crippen LogP contribution is -2.51. The predicted molar refractivity (Wildman–Crippen MR) is 95.4 cm³/mol. The van der Waals surface area contributed by atoms with Crippen LogP contribution in [0.2, 0.25) is 0 Å². The summed E-state index contributed by atoms with van der Waals surface area (Å²) < 4.78 is 0. The first kappa shape index (κ1) is 17.5. The second kappa shape index (κ2) is 6.50. The van der Waals surface area contributed by atoms with Gasteiger partial charge in [0, 0.05) is 12.1 Å². The molecule has 1 N–H and O–H groups in total. The minimum atomic E-state index is -0.466. The fraction of sp³-hybridized carbons (Fsp3) is 0.526. The normalized spacial score (nSPS) is 20.2. The monoisotopic (exact) mass is 343 g/mol. The Morgan fingerprint density at radius 1 is 1.28 bits per heavy atom. The lowest BCUT2D eigenvalue weighted by Gasteiger charge is -2.29. The standard InChI is InChI=1S/C19H25N3O3/c1-4-19(2,3)20-16(23)12-22-14-9-6-5-8-13(14)17(24)21-11-7-10-15(21)18(22)25/h5-6,8-9,15H,4,7,10-12H2,1-3H3,(H,20,23). The van der Waals surface area contributed by atoms with E-state index in [9.17, 15) is 14.4 Å². The second-order valence-corrected chi connectivity index (χ2v) is 7.38. The van der Waals surface area contributed by atoms with Gasteiger partial charge in [0.25, 0.3) is 5.91 Å². The number of nitrogens with zero attached hydrogens (tertiary/aromatic N) is 2. The van der Waals surface area contributed by atoms with Gasteiger partial charge in [-0.2, -0.15) is 0 Å². The smallest absolute Gasteiger partial charge is 0.256 e. The molecule has 3 amide bonds. The van der Waals surface area contributed by atoms with Crippen LogP contribution in [0.25, 0.3) is 0 Å². The molecule has 1 aromatic rings. The van der Waals surface area contributed by atoms with Crippen molar-refractivity contribution in [1.29, 1.82) is 0 Å². The van der Waals surface area contributed by atoms with Gasteiger partial charge in [0.2, 0.25) is 11.8 Å². The summed E-state index contributed by atoms with van der Waals surface area (Å²) in [6.07, 6.45) is 2.25. The molecule has 134 valence electrons. The van der Waals surface area contributed by atoms with Crippen molar-refractivity contribution in [3.63, 3.8) is 0 Å². The maximum absolute atomic E-state index is 13.1. The summed E-state index contributed by atoms with van der Waals surface area (Å²) in [5.41, 5.74) is 0.680. The van der Waals surface area contributed by atoms with E-state index in [-0.39, 0.29) is 29.8 Å². The van der Waals surface area contributed by atoms with E-state index in [1.807, 2.05) is 20.8 Å². The van der Waals surface area contributed by atoms with Gasteiger partial charge in [0.1, 0.15) is 12.6 Å². The van der Waals surface area contributed by atoms with Crippen molar-refractivity contribution in [3.8, 4) is 0 Å². The zero-order valence-corrected chi connectivity index (χ0v) is 15.0. The number of anilines is 1. The number of amides is 3. The molecule has 6 nitrogen and oxygen atoms in total. The molecule has 1 atom stereocenters. The largest absolute Gasteiger partial charge is 0.350 e. The Balaban J connectivity index is 1.94. The van der Waals surface area contributed by atoms with Crippen LogP contribution in [0, 0.1) is 0 Å². The number of benzene rings is 1. The number of hydrogen-bond acceptors (Lipinski definition) is 3. The molecule has 0 aromatic heterocycles. The zero-order valence-electron chi connectivity index (χ0n) is 15.0. The molecule has 0 bridgehead atoms. The third kappa shape index (κ3) is 3.25. The molecule has 1 fully saturated rings. The highest BCUT2D eigenvalue weighted by Crippen LogP contribution is 2.32. The van der Waals surface area contributed by atoms with Crippen molar-refractivity contribution in [1.82, 2.24) is 10.2 Å². The maximum Gasteiger partial charge on any atom is 0.256 e. The van der Waals surface area contributed by atoms with Crippen LogP contribution >= 0.6 is 0 Å². The minimum absolute atomic E-state index is 0.0725. The first-order chi connectivity index (χ1) is 11.8. The summed E-state index contributed by atoms with van der Waals surface area (Å²) in [7, 11) is 0. The highest BCUT2D eigenvalue weighted by atomic mass is 16.2. The molecule has 2 aliphatic rings. The highest BCUT2D eigenvalue weighted by molar-refractivity contribution is 6.12. The molecular formula is C19H25N3O3. The van der Waals surface area contributed by atoms with Gasteiger partial charge in [0.05, 0.1) is 11.3 Å². The van der Waals surface area contributed by atoms with Gasteiger partial charge >= 0.3 is 0 Å². The molecule has 1 saturated heterocycles. The number of hydrogen-bond donors (Lipinski definition) is 1. The fourth-order valence-corrected chi connectivity index (χ4v) is 3.42. The average molecular weight is 343 g/mol. The maximum atomic E-state index is 13.1. The summed E-state index contributed by atoms with van der Waals surface area (Å²) in [6, 6.07) is 6.58. The Morgan fingerprint density at radius 2 is 2.00 bits per heavy atom. The molecule has 0 saturated carbocycles. The van der Waals surface area contributed by atoms with Crippen molar-refractivity contribution in [3.05, 3.63) is 29.8 Å². The Labute approximate surface area is 148 Å². The molecule has 1 unspecified atom stereocenters. The zero-order chi connectivity index (χ0) is 18.2. The van der Waals surface area contributed by atoms with Gasteiger partial charge in [-0.1, -0.05) is 19.1 Å². The molecule has 0 aliphatic carbocycles. The van der Waals surface area contributed by atoms with Crippen LogP contribution < -0.4 is 10.2 Å². The molecule has 1 aromatic carbocycles. The summed E-state index contributed by atoms with van der Waals surface area (Å²) in [4.78, 5) is 41.5. The van der Waals surface area contributed by atoms with Crippen LogP contribution in [0.4, 0.5) is 5.69 Å². The lowest BCUT2D eigenvalue weighted by atomic mass is 10.0. The van der Waals surface area contributed by atoms with Crippen LogP contribution in [-0.4, -0.2) is 47.3 Å². The Hall–Kier alpha value is -2.37. The molecule has 6 heteroatoms. The van der Waals surface area contributed by atoms with Gasteiger partial charge in [0.15, 0.2) is 0 Å². The van der Waals surface area contributed by atoms with Crippen molar-refractivity contribution >= 4 is 23.4 Å². The van der Waals surface area contributed by atoms with E-state index in [0.29, 0.717) is 24.2 Å². The molecule has 0 spiro atoms. The van der Waals surface area contributed by atoms with Crippen LogP contribution in [0.15, 0.2) is 24.3 Å². The average Bonchev–Trinajstić information content (AvgIpc) is 3.05. The first-order valence-electron chi connectivity index (χ1n) is 8.86. The van der Waals surface area contributed by atoms with E-state index in [1.165, 1.54) is 4.90 Å². The number of para-hydroxylation sites is 1. The highest BCUT2D eigenvalue weighted by Gasteiger charge is 2.42. The lowest BCUT2D eigenvalue weighted by molar-refractivity contribution is -0.126. The van der Waals surface area contributed by atoms with Crippen LogP contribution in [0.5, 0.6) is 0 Å². The van der Waals surface area contributed by atoms with Gasteiger partial charge in [-0.15, -0.1) is 0 Å². The predicted octanol–water partition coefficient (Wildman–Crippen LogP) is 1.94. The molecule has 2 aliphatic heterocycles. The molecule has 25 heavy (non-hydrogen) atoms. The van der Waals surface area contributed by atoms with Crippen molar-refractivity contribution in [2.45, 2.75) is 51.6 Å².